The third-order valence-corrected chi connectivity index (χ3v) is 8.39. The highest BCUT2D eigenvalue weighted by atomic mass is 32.1. The molecule has 10 heteroatoms. The minimum atomic E-state index is -1.30. The number of aliphatic hydroxyl groups is 1. The van der Waals surface area contributed by atoms with Crippen molar-refractivity contribution in [3.63, 3.8) is 0 Å². The van der Waals surface area contributed by atoms with E-state index in [9.17, 15) is 19.8 Å². The van der Waals surface area contributed by atoms with Gasteiger partial charge in [-0.15, -0.1) is 11.3 Å². The fourth-order valence-corrected chi connectivity index (χ4v) is 5.33. The van der Waals surface area contributed by atoms with Crippen molar-refractivity contribution in [3.8, 4) is 28.3 Å². The zero-order valence-corrected chi connectivity index (χ0v) is 25.8. The summed E-state index contributed by atoms with van der Waals surface area (Å²) in [5.74, 6) is -0.0518. The molecular formula is C33H38N4O5S. The van der Waals surface area contributed by atoms with E-state index in [4.69, 9.17) is 4.74 Å². The topological polar surface area (TPSA) is 134 Å². The molecule has 2 aromatic heterocycles. The maximum absolute atomic E-state index is 13.1. The highest BCUT2D eigenvalue weighted by Crippen LogP contribution is 2.29. The number of nitrogens with zero attached hydrogens (tertiary/aromatic N) is 2. The molecule has 2 heterocycles. The van der Waals surface area contributed by atoms with Crippen LogP contribution in [0.2, 0.25) is 0 Å². The van der Waals surface area contributed by atoms with E-state index in [2.05, 4.69) is 41.4 Å². The summed E-state index contributed by atoms with van der Waals surface area (Å²) >= 11 is 1.40. The molecule has 9 nitrogen and oxygen atoms in total. The summed E-state index contributed by atoms with van der Waals surface area (Å²) in [5, 5.41) is 25.8. The highest BCUT2D eigenvalue weighted by molar-refractivity contribution is 7.14. The molecule has 226 valence electrons. The number of rotatable bonds is 12. The van der Waals surface area contributed by atoms with Crippen molar-refractivity contribution >= 4 is 23.2 Å². The predicted molar refractivity (Wildman–Crippen MR) is 168 cm³/mol. The number of aliphatic carboxylic acids is 1. The van der Waals surface area contributed by atoms with Gasteiger partial charge in [0.25, 0.3) is 5.91 Å². The van der Waals surface area contributed by atoms with Gasteiger partial charge in [0.05, 0.1) is 17.5 Å². The van der Waals surface area contributed by atoms with Crippen molar-refractivity contribution in [3.05, 3.63) is 88.4 Å². The van der Waals surface area contributed by atoms with Crippen molar-refractivity contribution in [1.29, 1.82) is 0 Å². The fourth-order valence-electron chi connectivity index (χ4n) is 4.37. The summed E-state index contributed by atoms with van der Waals surface area (Å²) in [4.78, 5) is 35.2. The Labute approximate surface area is 256 Å². The van der Waals surface area contributed by atoms with Crippen molar-refractivity contribution in [2.75, 3.05) is 6.61 Å². The van der Waals surface area contributed by atoms with Gasteiger partial charge in [0.1, 0.15) is 18.0 Å². The van der Waals surface area contributed by atoms with Crippen LogP contribution in [0.25, 0.3) is 22.5 Å². The standard InChI is InChI=1S/C33H38N4O5S/c1-6-42-25-13-11-22(12-14-25)24-18-34-29(35-19-24)23-9-7-21(8-10-23)17-26(30(38)36-20(2)32(40)41)37-31(39)27-15-16-28(43-27)33(3,4)5/h7-16,18-20,26,30,36,38H,6,17H2,1-5H3,(H,37,39)(H,40,41)/t20-,26+,30?/m1/s1. The van der Waals surface area contributed by atoms with Gasteiger partial charge >= 0.3 is 5.97 Å². The largest absolute Gasteiger partial charge is 0.494 e. The van der Waals surface area contributed by atoms with Crippen LogP contribution in [-0.4, -0.2) is 57.0 Å². The Morgan fingerprint density at radius 2 is 1.56 bits per heavy atom. The third-order valence-electron chi connectivity index (χ3n) is 6.88. The van der Waals surface area contributed by atoms with Gasteiger partial charge in [-0.05, 0) is 61.1 Å². The van der Waals surface area contributed by atoms with Crippen LogP contribution in [0.15, 0.2) is 73.1 Å². The lowest BCUT2D eigenvalue weighted by atomic mass is 9.95. The quantitative estimate of drug-likeness (QED) is 0.161. The molecule has 0 saturated heterocycles. The first-order chi connectivity index (χ1) is 20.4. The molecule has 4 N–H and O–H groups in total. The van der Waals surface area contributed by atoms with Gasteiger partial charge in [-0.3, -0.25) is 14.9 Å². The number of thiophene rings is 1. The number of benzene rings is 2. The van der Waals surface area contributed by atoms with Crippen molar-refractivity contribution in [2.24, 2.45) is 0 Å². The first-order valence-electron chi connectivity index (χ1n) is 14.2. The van der Waals surface area contributed by atoms with E-state index in [1.54, 1.807) is 18.5 Å². The lowest BCUT2D eigenvalue weighted by Gasteiger charge is -2.26. The van der Waals surface area contributed by atoms with Crippen LogP contribution in [0, 0.1) is 0 Å². The summed E-state index contributed by atoms with van der Waals surface area (Å²) in [6.07, 6.45) is 2.52. The maximum atomic E-state index is 13.1. The lowest BCUT2D eigenvalue weighted by Crippen LogP contribution is -2.54. The smallest absolute Gasteiger partial charge is 0.320 e. The zero-order chi connectivity index (χ0) is 31.1. The number of carboxylic acid groups (broad SMARTS) is 1. The number of aromatic nitrogens is 2. The molecule has 4 aromatic rings. The molecule has 0 fully saturated rings. The van der Waals surface area contributed by atoms with Crippen LogP contribution in [0.3, 0.4) is 0 Å². The molecule has 2 aromatic carbocycles. The van der Waals surface area contributed by atoms with Crippen LogP contribution in [0.5, 0.6) is 5.75 Å². The molecule has 0 aliphatic rings. The number of carboxylic acids is 1. The van der Waals surface area contributed by atoms with E-state index in [1.807, 2.05) is 61.5 Å². The second-order valence-electron chi connectivity index (χ2n) is 11.3. The second-order valence-corrected chi connectivity index (χ2v) is 12.4. The Morgan fingerprint density at radius 3 is 2.12 bits per heavy atom. The van der Waals surface area contributed by atoms with Crippen molar-refractivity contribution in [1.82, 2.24) is 20.6 Å². The predicted octanol–water partition coefficient (Wildman–Crippen LogP) is 5.29. The third kappa shape index (κ3) is 8.47. The molecule has 0 radical (unpaired) electrons. The molecule has 4 rings (SSSR count). The molecule has 0 spiro atoms. The summed E-state index contributed by atoms with van der Waals surface area (Å²) in [6.45, 7) is 10.2. The number of carbonyl (C=O) groups excluding carboxylic acids is 1. The van der Waals surface area contributed by atoms with E-state index in [0.717, 1.165) is 32.9 Å². The summed E-state index contributed by atoms with van der Waals surface area (Å²) in [5.41, 5.74) is 3.43. The molecule has 0 saturated carbocycles. The van der Waals surface area contributed by atoms with Gasteiger partial charge in [-0.1, -0.05) is 57.2 Å². The van der Waals surface area contributed by atoms with Crippen LogP contribution in [-0.2, 0) is 16.6 Å². The zero-order valence-electron chi connectivity index (χ0n) is 25.0. The Balaban J connectivity index is 1.47. The molecule has 3 atom stereocenters. The van der Waals surface area contributed by atoms with E-state index >= 15 is 0 Å². The van der Waals surface area contributed by atoms with Crippen LogP contribution in [0.4, 0.5) is 0 Å². The average molecular weight is 603 g/mol. The lowest BCUT2D eigenvalue weighted by molar-refractivity contribution is -0.140. The van der Waals surface area contributed by atoms with Crippen LogP contribution >= 0.6 is 11.3 Å². The van der Waals surface area contributed by atoms with Gasteiger partial charge in [0.15, 0.2) is 5.82 Å². The van der Waals surface area contributed by atoms with Crippen LogP contribution < -0.4 is 15.4 Å². The molecule has 0 aliphatic carbocycles. The van der Waals surface area contributed by atoms with E-state index in [-0.39, 0.29) is 17.7 Å². The Bertz CT molecular complexity index is 1510. The van der Waals surface area contributed by atoms with Gasteiger partial charge in [0, 0.05) is 28.4 Å². The summed E-state index contributed by atoms with van der Waals surface area (Å²) in [6, 6.07) is 17.2. The molecule has 0 bridgehead atoms. The van der Waals surface area contributed by atoms with Crippen molar-refractivity contribution < 1.29 is 24.5 Å². The van der Waals surface area contributed by atoms with E-state index in [1.165, 1.54) is 18.3 Å². The van der Waals surface area contributed by atoms with Gasteiger partial charge in [-0.25, -0.2) is 9.97 Å². The average Bonchev–Trinajstić information content (AvgIpc) is 3.50. The number of amides is 1. The van der Waals surface area contributed by atoms with Gasteiger partial charge in [-0.2, -0.15) is 0 Å². The Kier molecular flexibility index (Phi) is 10.3. The summed E-state index contributed by atoms with van der Waals surface area (Å²) in [7, 11) is 0. The fraction of sp³-hybridized carbons (Fsp3) is 0.333. The number of hydrogen-bond donors (Lipinski definition) is 4. The first-order valence-corrected chi connectivity index (χ1v) is 15.0. The van der Waals surface area contributed by atoms with Crippen LogP contribution in [0.1, 0.15) is 54.7 Å². The first kappa shape index (κ1) is 31.8. The number of ether oxygens (including phenoxy) is 1. The number of aliphatic hydroxyl groups excluding tert-OH is 1. The second kappa shape index (κ2) is 13.9. The Hall–Kier alpha value is -4.12. The van der Waals surface area contributed by atoms with Crippen molar-refractivity contribution in [2.45, 2.75) is 64.8 Å². The molecule has 43 heavy (non-hydrogen) atoms. The number of carbonyl (C=O) groups is 2. The van der Waals surface area contributed by atoms with E-state index in [0.29, 0.717) is 17.3 Å². The minimum Gasteiger partial charge on any atom is -0.494 e. The highest BCUT2D eigenvalue weighted by Gasteiger charge is 2.27. The molecular weight excluding hydrogens is 564 g/mol. The Morgan fingerprint density at radius 1 is 0.930 bits per heavy atom. The normalized spacial score (nSPS) is 13.6. The summed E-state index contributed by atoms with van der Waals surface area (Å²) < 4.78 is 5.51. The monoisotopic (exact) mass is 602 g/mol. The molecule has 1 amide bonds. The molecule has 1 unspecified atom stereocenters. The maximum Gasteiger partial charge on any atom is 0.320 e. The van der Waals surface area contributed by atoms with Gasteiger partial charge < -0.3 is 20.3 Å². The number of hydrogen-bond acceptors (Lipinski definition) is 8. The van der Waals surface area contributed by atoms with E-state index < -0.39 is 24.3 Å². The SMILES string of the molecule is CCOc1ccc(-c2cnc(-c3ccc(C[C@H](NC(=O)c4ccc(C(C)(C)C)s4)C(O)N[C@H](C)C(=O)O)cc3)nc2)cc1. The van der Waals surface area contributed by atoms with Gasteiger partial charge in [0.2, 0.25) is 0 Å². The number of nitrogens with one attached hydrogen (secondary N) is 2. The molecule has 0 aliphatic heterocycles. The minimum absolute atomic E-state index is 0.0956.